The molecule has 1 heterocycles. The Morgan fingerprint density at radius 2 is 2.07 bits per heavy atom. The van der Waals surface area contributed by atoms with Gasteiger partial charge >= 0.3 is 0 Å². The molecule has 2 rings (SSSR count). The Balaban J connectivity index is 2.81. The van der Waals surface area contributed by atoms with Gasteiger partial charge in [0.1, 0.15) is 0 Å². The molecule has 1 N–H and O–H groups in total. The lowest BCUT2D eigenvalue weighted by Gasteiger charge is -2.00. The SMILES string of the molecule is CC(C)c1[nH]c2cccc(Br)c2c1Cl. The molecule has 0 radical (unpaired) electrons. The molecule has 2 aromatic rings. The zero-order chi connectivity index (χ0) is 10.3. The summed E-state index contributed by atoms with van der Waals surface area (Å²) in [6.07, 6.45) is 0. The van der Waals surface area contributed by atoms with Gasteiger partial charge in [-0.3, -0.25) is 0 Å². The van der Waals surface area contributed by atoms with E-state index in [4.69, 9.17) is 11.6 Å². The van der Waals surface area contributed by atoms with Gasteiger partial charge in [-0.2, -0.15) is 0 Å². The Bertz CT molecular complexity index is 473. The summed E-state index contributed by atoms with van der Waals surface area (Å²) < 4.78 is 1.04. The van der Waals surface area contributed by atoms with Crippen molar-refractivity contribution in [1.29, 1.82) is 0 Å². The van der Waals surface area contributed by atoms with Crippen molar-refractivity contribution in [3.8, 4) is 0 Å². The van der Waals surface area contributed by atoms with Crippen LogP contribution in [0.1, 0.15) is 25.5 Å². The highest BCUT2D eigenvalue weighted by molar-refractivity contribution is 9.10. The predicted molar refractivity (Wildman–Crippen MR) is 65.1 cm³/mol. The number of H-pyrrole nitrogens is 1. The van der Waals surface area contributed by atoms with Gasteiger partial charge in [-0.05, 0) is 18.1 Å². The van der Waals surface area contributed by atoms with Crippen LogP contribution in [0.5, 0.6) is 0 Å². The summed E-state index contributed by atoms with van der Waals surface area (Å²) in [6, 6.07) is 6.05. The minimum Gasteiger partial charge on any atom is -0.357 e. The van der Waals surface area contributed by atoms with Crippen molar-refractivity contribution in [3.05, 3.63) is 33.4 Å². The van der Waals surface area contributed by atoms with Gasteiger partial charge in [0.15, 0.2) is 0 Å². The Morgan fingerprint density at radius 1 is 1.36 bits per heavy atom. The number of aromatic nitrogens is 1. The first-order valence-corrected chi connectivity index (χ1v) is 5.74. The number of benzene rings is 1. The van der Waals surface area contributed by atoms with Gasteiger partial charge in [-0.25, -0.2) is 0 Å². The van der Waals surface area contributed by atoms with Gasteiger partial charge < -0.3 is 4.98 Å². The lowest BCUT2D eigenvalue weighted by atomic mass is 10.1. The van der Waals surface area contributed by atoms with Crippen LogP contribution < -0.4 is 0 Å². The Labute approximate surface area is 96.6 Å². The zero-order valence-corrected chi connectivity index (χ0v) is 10.4. The molecule has 14 heavy (non-hydrogen) atoms. The number of fused-ring (bicyclic) bond motifs is 1. The number of aromatic amines is 1. The van der Waals surface area contributed by atoms with Crippen LogP contribution in [0, 0.1) is 0 Å². The Hall–Kier alpha value is -0.470. The van der Waals surface area contributed by atoms with Crippen molar-refractivity contribution in [1.82, 2.24) is 4.98 Å². The van der Waals surface area contributed by atoms with E-state index in [0.717, 1.165) is 26.1 Å². The van der Waals surface area contributed by atoms with E-state index in [0.29, 0.717) is 5.92 Å². The molecule has 0 aliphatic carbocycles. The number of rotatable bonds is 1. The minimum absolute atomic E-state index is 0.418. The zero-order valence-electron chi connectivity index (χ0n) is 8.07. The van der Waals surface area contributed by atoms with Crippen molar-refractivity contribution in [2.45, 2.75) is 19.8 Å². The fourth-order valence-corrected chi connectivity index (χ4v) is 2.73. The number of halogens is 2. The average molecular weight is 273 g/mol. The maximum absolute atomic E-state index is 6.30. The van der Waals surface area contributed by atoms with Gasteiger partial charge in [-0.1, -0.05) is 47.4 Å². The van der Waals surface area contributed by atoms with Crippen LogP contribution in [-0.2, 0) is 0 Å². The second-order valence-corrected chi connectivity index (χ2v) is 4.90. The monoisotopic (exact) mass is 271 g/mol. The van der Waals surface area contributed by atoms with Gasteiger partial charge in [0.25, 0.3) is 0 Å². The van der Waals surface area contributed by atoms with E-state index in [1.165, 1.54) is 0 Å². The molecule has 0 aliphatic rings. The topological polar surface area (TPSA) is 15.8 Å². The summed E-state index contributed by atoms with van der Waals surface area (Å²) in [6.45, 7) is 4.26. The summed E-state index contributed by atoms with van der Waals surface area (Å²) in [4.78, 5) is 3.34. The van der Waals surface area contributed by atoms with E-state index in [-0.39, 0.29) is 0 Å². The maximum atomic E-state index is 6.30. The van der Waals surface area contributed by atoms with Gasteiger partial charge in [0.2, 0.25) is 0 Å². The van der Waals surface area contributed by atoms with E-state index >= 15 is 0 Å². The molecule has 1 nitrogen and oxygen atoms in total. The second-order valence-electron chi connectivity index (χ2n) is 3.67. The van der Waals surface area contributed by atoms with E-state index in [2.05, 4.69) is 34.8 Å². The lowest BCUT2D eigenvalue weighted by molar-refractivity contribution is 0.837. The molecule has 0 fully saturated rings. The first-order chi connectivity index (χ1) is 6.61. The molecule has 0 aliphatic heterocycles. The third kappa shape index (κ3) is 1.47. The predicted octanol–water partition coefficient (Wildman–Crippen LogP) is 4.71. The first kappa shape index (κ1) is 10.1. The quantitative estimate of drug-likeness (QED) is 0.774. The van der Waals surface area contributed by atoms with Gasteiger partial charge in [0, 0.05) is 21.1 Å². The van der Waals surface area contributed by atoms with E-state index in [1.54, 1.807) is 0 Å². The van der Waals surface area contributed by atoms with Crippen LogP contribution in [0.2, 0.25) is 5.02 Å². The number of nitrogens with one attached hydrogen (secondary N) is 1. The van der Waals surface area contributed by atoms with Crippen LogP contribution >= 0.6 is 27.5 Å². The molecule has 0 saturated heterocycles. The molecule has 0 amide bonds. The molecule has 0 spiro atoms. The minimum atomic E-state index is 0.418. The summed E-state index contributed by atoms with van der Waals surface area (Å²) in [5, 5.41) is 1.92. The number of hydrogen-bond acceptors (Lipinski definition) is 0. The van der Waals surface area contributed by atoms with Crippen LogP contribution in [-0.4, -0.2) is 4.98 Å². The van der Waals surface area contributed by atoms with E-state index in [9.17, 15) is 0 Å². The van der Waals surface area contributed by atoms with E-state index in [1.807, 2.05) is 18.2 Å². The molecule has 74 valence electrons. The molecule has 3 heteroatoms. The van der Waals surface area contributed by atoms with Crippen molar-refractivity contribution in [2.24, 2.45) is 0 Å². The first-order valence-electron chi connectivity index (χ1n) is 4.57. The van der Waals surface area contributed by atoms with Gasteiger partial charge in [0.05, 0.1) is 5.02 Å². The third-order valence-corrected chi connectivity index (χ3v) is 3.37. The Morgan fingerprint density at radius 3 is 2.64 bits per heavy atom. The van der Waals surface area contributed by atoms with Crippen molar-refractivity contribution in [2.75, 3.05) is 0 Å². The van der Waals surface area contributed by atoms with Crippen LogP contribution in [0.4, 0.5) is 0 Å². The van der Waals surface area contributed by atoms with E-state index < -0.39 is 0 Å². The molecule has 0 unspecified atom stereocenters. The van der Waals surface area contributed by atoms with Crippen LogP contribution in [0.3, 0.4) is 0 Å². The summed E-state index contributed by atoms with van der Waals surface area (Å²) in [5.74, 6) is 0.418. The molecular weight excluding hydrogens is 261 g/mol. The fraction of sp³-hybridized carbons (Fsp3) is 0.273. The molecule has 1 aromatic heterocycles. The summed E-state index contributed by atoms with van der Waals surface area (Å²) >= 11 is 9.80. The third-order valence-electron chi connectivity index (χ3n) is 2.32. The van der Waals surface area contributed by atoms with Gasteiger partial charge in [-0.15, -0.1) is 0 Å². The smallest absolute Gasteiger partial charge is 0.0705 e. The molecule has 0 bridgehead atoms. The largest absolute Gasteiger partial charge is 0.357 e. The number of hydrogen-bond donors (Lipinski definition) is 1. The highest BCUT2D eigenvalue weighted by Gasteiger charge is 2.13. The fourth-order valence-electron chi connectivity index (χ4n) is 1.58. The molecular formula is C11H11BrClN. The lowest BCUT2D eigenvalue weighted by Crippen LogP contribution is -1.86. The molecule has 0 saturated carbocycles. The van der Waals surface area contributed by atoms with Crippen LogP contribution in [0.25, 0.3) is 10.9 Å². The maximum Gasteiger partial charge on any atom is 0.0705 e. The summed E-state index contributed by atoms with van der Waals surface area (Å²) in [5.41, 5.74) is 2.20. The molecule has 0 atom stereocenters. The molecule has 1 aromatic carbocycles. The second kappa shape index (κ2) is 3.59. The highest BCUT2D eigenvalue weighted by atomic mass is 79.9. The van der Waals surface area contributed by atoms with Crippen LogP contribution in [0.15, 0.2) is 22.7 Å². The van der Waals surface area contributed by atoms with Crippen molar-refractivity contribution in [3.63, 3.8) is 0 Å². The van der Waals surface area contributed by atoms with Crippen molar-refractivity contribution < 1.29 is 0 Å². The Kier molecular flexibility index (Phi) is 2.58. The highest BCUT2D eigenvalue weighted by Crippen LogP contribution is 2.35. The van der Waals surface area contributed by atoms with Crippen molar-refractivity contribution >= 4 is 38.4 Å². The average Bonchev–Trinajstić information content (AvgIpc) is 2.45. The normalized spacial score (nSPS) is 11.5. The standard InChI is InChI=1S/C11H11BrClN/c1-6(2)11-10(13)9-7(12)4-3-5-8(9)14-11/h3-6,14H,1-2H3. The summed E-state index contributed by atoms with van der Waals surface area (Å²) in [7, 11) is 0.